The summed E-state index contributed by atoms with van der Waals surface area (Å²) in [5.74, 6) is 0.339. The second-order valence-corrected chi connectivity index (χ2v) is 5.69. The molecule has 3 aliphatic rings. The first kappa shape index (κ1) is 11.6. The molecule has 3 unspecified atom stereocenters. The van der Waals surface area contributed by atoms with Crippen molar-refractivity contribution in [1.29, 1.82) is 0 Å². The van der Waals surface area contributed by atoms with Crippen LogP contribution in [0.4, 0.5) is 0 Å². The Morgan fingerprint density at radius 2 is 1.63 bits per heavy atom. The Labute approximate surface area is 112 Å². The summed E-state index contributed by atoms with van der Waals surface area (Å²) >= 11 is 0. The summed E-state index contributed by atoms with van der Waals surface area (Å²) in [6, 6.07) is 10.4. The Bertz CT molecular complexity index is 479. The van der Waals surface area contributed by atoms with Crippen LogP contribution in [0.25, 0.3) is 0 Å². The van der Waals surface area contributed by atoms with E-state index >= 15 is 0 Å². The lowest BCUT2D eigenvalue weighted by molar-refractivity contribution is -0.133. The molecule has 0 aliphatic carbocycles. The molecule has 0 spiro atoms. The lowest BCUT2D eigenvalue weighted by atomic mass is 10.0. The average Bonchev–Trinajstić information content (AvgIpc) is 2.91. The number of hydrogen-bond acceptors (Lipinski definition) is 4. The highest BCUT2D eigenvalue weighted by Gasteiger charge is 2.57. The highest BCUT2D eigenvalue weighted by atomic mass is 16.7. The van der Waals surface area contributed by atoms with Gasteiger partial charge in [0.2, 0.25) is 0 Å². The van der Waals surface area contributed by atoms with Crippen molar-refractivity contribution in [2.75, 3.05) is 7.05 Å². The van der Waals surface area contributed by atoms with Gasteiger partial charge in [-0.05, 0) is 7.05 Å². The van der Waals surface area contributed by atoms with E-state index in [-0.39, 0.29) is 30.6 Å². The second-order valence-electron chi connectivity index (χ2n) is 5.69. The Balaban J connectivity index is 1.60. The molecule has 19 heavy (non-hydrogen) atoms. The van der Waals surface area contributed by atoms with Crippen LogP contribution in [0.5, 0.6) is 0 Å². The maximum Gasteiger partial charge on any atom is 0.184 e. The first-order valence-electron chi connectivity index (χ1n) is 6.83. The van der Waals surface area contributed by atoms with Gasteiger partial charge in [-0.15, -0.1) is 0 Å². The van der Waals surface area contributed by atoms with E-state index in [9.17, 15) is 4.79 Å². The molecule has 2 bridgehead atoms. The molecule has 0 saturated carbocycles. The minimum atomic E-state index is -0.275. The normalized spacial score (nSPS) is 41.5. The summed E-state index contributed by atoms with van der Waals surface area (Å²) in [5, 5.41) is 0. The molecule has 100 valence electrons. The van der Waals surface area contributed by atoms with Gasteiger partial charge in [-0.25, -0.2) is 0 Å². The molecule has 4 rings (SSSR count). The lowest BCUT2D eigenvalue weighted by Gasteiger charge is -2.32. The summed E-state index contributed by atoms with van der Waals surface area (Å²) in [6.07, 6.45) is 0.986. The van der Waals surface area contributed by atoms with Crippen molar-refractivity contribution in [3.05, 3.63) is 35.9 Å². The molecule has 3 heterocycles. The van der Waals surface area contributed by atoms with Gasteiger partial charge < -0.3 is 9.47 Å². The molecule has 0 aromatic heterocycles. The highest BCUT2D eigenvalue weighted by Crippen LogP contribution is 2.45. The maximum atomic E-state index is 11.7. The first-order valence-corrected chi connectivity index (χ1v) is 6.83. The van der Waals surface area contributed by atoms with Crippen molar-refractivity contribution in [3.63, 3.8) is 0 Å². The van der Waals surface area contributed by atoms with Gasteiger partial charge >= 0.3 is 0 Å². The maximum absolute atomic E-state index is 11.7. The van der Waals surface area contributed by atoms with Crippen molar-refractivity contribution in [1.82, 2.24) is 4.90 Å². The molecule has 4 nitrogen and oxygen atoms in total. The number of carbonyl (C=O) groups excluding carboxylic acids is 1. The number of hydrogen-bond donors (Lipinski definition) is 0. The number of rotatable bonds is 1. The highest BCUT2D eigenvalue weighted by molar-refractivity contribution is 5.81. The number of ether oxygens (including phenoxy) is 2. The number of carbonyl (C=O) groups is 1. The van der Waals surface area contributed by atoms with Crippen LogP contribution in [0.15, 0.2) is 30.3 Å². The molecular formula is C15H17NO3. The van der Waals surface area contributed by atoms with Crippen molar-refractivity contribution in [2.45, 2.75) is 43.4 Å². The molecule has 0 radical (unpaired) electrons. The van der Waals surface area contributed by atoms with Crippen LogP contribution in [0.2, 0.25) is 0 Å². The van der Waals surface area contributed by atoms with Crippen molar-refractivity contribution in [3.8, 4) is 0 Å². The predicted octanol–water partition coefficient (Wildman–Crippen LogP) is 1.51. The monoisotopic (exact) mass is 259 g/mol. The number of benzene rings is 1. The zero-order valence-corrected chi connectivity index (χ0v) is 10.9. The van der Waals surface area contributed by atoms with Crippen LogP contribution >= 0.6 is 0 Å². The summed E-state index contributed by atoms with van der Waals surface area (Å²) in [5.41, 5.74) is 1.06. The number of piperidine rings is 1. The van der Waals surface area contributed by atoms with Gasteiger partial charge in [0.25, 0.3) is 0 Å². The predicted molar refractivity (Wildman–Crippen MR) is 68.5 cm³/mol. The van der Waals surface area contributed by atoms with E-state index < -0.39 is 0 Å². The third kappa shape index (κ3) is 1.67. The third-order valence-corrected chi connectivity index (χ3v) is 4.64. The number of Topliss-reactive ketones (excluding diaryl/α,β-unsaturated/α-hetero) is 1. The molecule has 3 aliphatic heterocycles. The van der Waals surface area contributed by atoms with Gasteiger partial charge in [-0.1, -0.05) is 30.3 Å². The fourth-order valence-electron chi connectivity index (χ4n) is 3.64. The van der Waals surface area contributed by atoms with Gasteiger partial charge in [0.1, 0.15) is 18.0 Å². The van der Waals surface area contributed by atoms with E-state index in [1.807, 2.05) is 30.3 Å². The summed E-state index contributed by atoms with van der Waals surface area (Å²) in [4.78, 5) is 14.0. The lowest BCUT2D eigenvalue weighted by Crippen LogP contribution is -2.44. The first-order chi connectivity index (χ1) is 9.24. The van der Waals surface area contributed by atoms with Crippen LogP contribution < -0.4 is 0 Å². The van der Waals surface area contributed by atoms with Crippen LogP contribution in [-0.4, -0.2) is 42.0 Å². The summed E-state index contributed by atoms with van der Waals surface area (Å²) < 4.78 is 12.2. The Hall–Kier alpha value is -1.23. The minimum Gasteiger partial charge on any atom is -0.341 e. The van der Waals surface area contributed by atoms with Crippen LogP contribution in [0.3, 0.4) is 0 Å². The fraction of sp³-hybridized carbons (Fsp3) is 0.533. The van der Waals surface area contributed by atoms with E-state index in [0.717, 1.165) is 5.56 Å². The van der Waals surface area contributed by atoms with Crippen LogP contribution in [0.1, 0.15) is 24.7 Å². The van der Waals surface area contributed by atoms with Crippen molar-refractivity contribution in [2.24, 2.45) is 0 Å². The summed E-state index contributed by atoms with van der Waals surface area (Å²) in [7, 11) is 2.07. The smallest absolute Gasteiger partial charge is 0.184 e. The van der Waals surface area contributed by atoms with Gasteiger partial charge in [0, 0.05) is 30.5 Å². The van der Waals surface area contributed by atoms with E-state index in [0.29, 0.717) is 18.6 Å². The zero-order chi connectivity index (χ0) is 13.0. The van der Waals surface area contributed by atoms with Gasteiger partial charge in [-0.3, -0.25) is 9.69 Å². The van der Waals surface area contributed by atoms with Gasteiger partial charge in [0.05, 0.1) is 0 Å². The Morgan fingerprint density at radius 1 is 1.05 bits per heavy atom. The number of fused-ring (bicyclic) bond motifs is 5. The molecule has 0 N–H and O–H groups in total. The number of ketones is 1. The summed E-state index contributed by atoms with van der Waals surface area (Å²) in [6.45, 7) is 0. The van der Waals surface area contributed by atoms with Crippen LogP contribution in [0, 0.1) is 0 Å². The molecule has 4 heteroatoms. The van der Waals surface area contributed by atoms with Gasteiger partial charge in [0.15, 0.2) is 6.29 Å². The van der Waals surface area contributed by atoms with Crippen LogP contribution in [-0.2, 0) is 14.3 Å². The third-order valence-electron chi connectivity index (χ3n) is 4.64. The molecule has 3 saturated heterocycles. The van der Waals surface area contributed by atoms with E-state index in [2.05, 4.69) is 11.9 Å². The second kappa shape index (κ2) is 4.13. The number of likely N-dealkylation sites (N-methyl/N-ethyl adjacent to an activating group) is 1. The number of nitrogens with zero attached hydrogens (tertiary/aromatic N) is 1. The van der Waals surface area contributed by atoms with E-state index in [4.69, 9.17) is 9.47 Å². The Kier molecular flexibility index (Phi) is 2.52. The quantitative estimate of drug-likeness (QED) is 0.766. The van der Waals surface area contributed by atoms with Crippen molar-refractivity contribution < 1.29 is 14.3 Å². The topological polar surface area (TPSA) is 38.8 Å². The fourth-order valence-corrected chi connectivity index (χ4v) is 3.64. The SMILES string of the molecule is CN1C2CC(=O)CC1[C@@H]1OC(c3ccccc3)O[C@H]21. The van der Waals surface area contributed by atoms with E-state index in [1.54, 1.807) is 0 Å². The molecule has 5 atom stereocenters. The molecular weight excluding hydrogens is 242 g/mol. The largest absolute Gasteiger partial charge is 0.341 e. The molecule has 1 aromatic carbocycles. The van der Waals surface area contributed by atoms with Crippen molar-refractivity contribution >= 4 is 5.78 Å². The molecule has 0 amide bonds. The molecule has 1 aromatic rings. The zero-order valence-electron chi connectivity index (χ0n) is 10.9. The minimum absolute atomic E-state index is 0.0339. The van der Waals surface area contributed by atoms with E-state index in [1.165, 1.54) is 0 Å². The Morgan fingerprint density at radius 3 is 2.21 bits per heavy atom. The average molecular weight is 259 g/mol. The molecule has 3 fully saturated rings. The van der Waals surface area contributed by atoms with Gasteiger partial charge in [-0.2, -0.15) is 0 Å². The standard InChI is InChI=1S/C15H17NO3/c1-16-11-7-10(17)8-12(16)14-13(11)18-15(19-14)9-5-3-2-4-6-9/h2-6,11-15H,7-8H2,1H3/t11?,12?,13-,14+,15?.